The molecule has 1 aliphatic rings. The van der Waals surface area contributed by atoms with Crippen molar-refractivity contribution in [2.75, 3.05) is 0 Å². The molecule has 0 heterocycles. The lowest BCUT2D eigenvalue weighted by Crippen LogP contribution is -2.36. The highest BCUT2D eigenvalue weighted by Gasteiger charge is 2.31. The molecule has 20 heavy (non-hydrogen) atoms. The molecule has 0 aliphatic heterocycles. The van der Waals surface area contributed by atoms with Crippen LogP contribution in [0.4, 0.5) is 0 Å². The number of halogens is 1. The molecule has 0 bridgehead atoms. The topological polar surface area (TPSA) is 12.0 Å². The first-order chi connectivity index (χ1) is 9.53. The zero-order valence-electron chi connectivity index (χ0n) is 13.1. The van der Waals surface area contributed by atoms with Gasteiger partial charge in [-0.3, -0.25) is 0 Å². The van der Waals surface area contributed by atoms with E-state index in [0.29, 0.717) is 11.5 Å². The summed E-state index contributed by atoms with van der Waals surface area (Å²) in [4.78, 5) is 0. The van der Waals surface area contributed by atoms with Gasteiger partial charge in [-0.1, -0.05) is 61.3 Å². The molecule has 0 radical (unpaired) electrons. The van der Waals surface area contributed by atoms with E-state index in [1.54, 1.807) is 0 Å². The predicted molar refractivity (Wildman–Crippen MR) is 90.8 cm³/mol. The molecular weight excluding hydrogens is 310 g/mol. The summed E-state index contributed by atoms with van der Waals surface area (Å²) < 4.78 is 1.22. The first-order valence-corrected chi connectivity index (χ1v) is 8.79. The predicted octanol–water partition coefficient (Wildman–Crippen LogP) is 5.53. The van der Waals surface area contributed by atoms with Crippen LogP contribution in [0.15, 0.2) is 28.7 Å². The van der Waals surface area contributed by atoms with Gasteiger partial charge in [-0.2, -0.15) is 0 Å². The molecule has 0 spiro atoms. The summed E-state index contributed by atoms with van der Waals surface area (Å²) in [5.41, 5.74) is 1.89. The Morgan fingerprint density at radius 2 is 1.80 bits per heavy atom. The van der Waals surface area contributed by atoms with E-state index >= 15 is 0 Å². The molecule has 1 saturated carbocycles. The fourth-order valence-electron chi connectivity index (χ4n) is 3.26. The van der Waals surface area contributed by atoms with Gasteiger partial charge in [0, 0.05) is 17.1 Å². The largest absolute Gasteiger partial charge is 0.310 e. The molecule has 0 saturated heterocycles. The summed E-state index contributed by atoms with van der Waals surface area (Å²) in [7, 11) is 0. The van der Waals surface area contributed by atoms with Crippen molar-refractivity contribution >= 4 is 15.9 Å². The standard InChI is InChI=1S/C18H28BrN/c1-4-18(2,3)15-9-11-16(12-10-15)20-13-14-7-5-6-8-17(14)19/h5-8,15-16,20H,4,9-13H2,1-3H3. The minimum atomic E-state index is 0.521. The smallest absolute Gasteiger partial charge is 0.0220 e. The number of nitrogens with one attached hydrogen (secondary N) is 1. The molecule has 1 aliphatic carbocycles. The van der Waals surface area contributed by atoms with Gasteiger partial charge in [0.25, 0.3) is 0 Å². The summed E-state index contributed by atoms with van der Waals surface area (Å²) in [6.45, 7) is 8.18. The highest BCUT2D eigenvalue weighted by molar-refractivity contribution is 9.10. The SMILES string of the molecule is CCC(C)(C)C1CCC(NCc2ccccc2Br)CC1. The Labute approximate surface area is 132 Å². The van der Waals surface area contributed by atoms with Crippen LogP contribution in [-0.2, 0) is 6.54 Å². The van der Waals surface area contributed by atoms with Crippen LogP contribution in [0.2, 0.25) is 0 Å². The number of hydrogen-bond acceptors (Lipinski definition) is 1. The van der Waals surface area contributed by atoms with Crippen LogP contribution in [0, 0.1) is 11.3 Å². The number of hydrogen-bond donors (Lipinski definition) is 1. The molecule has 0 atom stereocenters. The van der Waals surface area contributed by atoms with Crippen LogP contribution in [-0.4, -0.2) is 6.04 Å². The third-order valence-electron chi connectivity index (χ3n) is 5.28. The monoisotopic (exact) mass is 337 g/mol. The van der Waals surface area contributed by atoms with Crippen molar-refractivity contribution in [3.05, 3.63) is 34.3 Å². The van der Waals surface area contributed by atoms with Crippen molar-refractivity contribution in [1.29, 1.82) is 0 Å². The van der Waals surface area contributed by atoms with Gasteiger partial charge in [-0.05, 0) is 48.6 Å². The van der Waals surface area contributed by atoms with E-state index in [4.69, 9.17) is 0 Å². The summed E-state index contributed by atoms with van der Waals surface area (Å²) in [6.07, 6.45) is 6.73. The second kappa shape index (κ2) is 7.09. The van der Waals surface area contributed by atoms with Crippen LogP contribution in [0.5, 0.6) is 0 Å². The summed E-state index contributed by atoms with van der Waals surface area (Å²) in [5, 5.41) is 3.74. The van der Waals surface area contributed by atoms with Crippen molar-refractivity contribution in [2.24, 2.45) is 11.3 Å². The molecule has 112 valence electrons. The molecular formula is C18H28BrN. The van der Waals surface area contributed by atoms with Gasteiger partial charge in [0.05, 0.1) is 0 Å². The van der Waals surface area contributed by atoms with E-state index in [2.05, 4.69) is 66.3 Å². The molecule has 2 rings (SSSR count). The molecule has 1 aromatic carbocycles. The molecule has 0 aromatic heterocycles. The lowest BCUT2D eigenvalue weighted by atomic mass is 9.69. The average molecular weight is 338 g/mol. The molecule has 1 fully saturated rings. The van der Waals surface area contributed by atoms with E-state index in [1.807, 2.05) is 0 Å². The van der Waals surface area contributed by atoms with Gasteiger partial charge in [0.2, 0.25) is 0 Å². The van der Waals surface area contributed by atoms with Gasteiger partial charge in [0.1, 0.15) is 0 Å². The summed E-state index contributed by atoms with van der Waals surface area (Å²) in [6, 6.07) is 9.21. The van der Waals surface area contributed by atoms with E-state index < -0.39 is 0 Å². The molecule has 1 aromatic rings. The molecule has 0 amide bonds. The van der Waals surface area contributed by atoms with Crippen LogP contribution < -0.4 is 5.32 Å². The number of rotatable bonds is 5. The van der Waals surface area contributed by atoms with Crippen LogP contribution >= 0.6 is 15.9 Å². The summed E-state index contributed by atoms with van der Waals surface area (Å²) in [5.74, 6) is 0.911. The van der Waals surface area contributed by atoms with Crippen LogP contribution in [0.1, 0.15) is 58.4 Å². The Hall–Kier alpha value is -0.340. The van der Waals surface area contributed by atoms with E-state index in [1.165, 1.54) is 42.1 Å². The molecule has 2 heteroatoms. The van der Waals surface area contributed by atoms with Crippen molar-refractivity contribution < 1.29 is 0 Å². The van der Waals surface area contributed by atoms with Gasteiger partial charge in [-0.15, -0.1) is 0 Å². The molecule has 1 N–H and O–H groups in total. The van der Waals surface area contributed by atoms with Crippen molar-refractivity contribution in [2.45, 2.75) is 65.5 Å². The van der Waals surface area contributed by atoms with Crippen molar-refractivity contribution in [3.8, 4) is 0 Å². The fraction of sp³-hybridized carbons (Fsp3) is 0.667. The van der Waals surface area contributed by atoms with Gasteiger partial charge in [-0.25, -0.2) is 0 Å². The third kappa shape index (κ3) is 4.08. The highest BCUT2D eigenvalue weighted by Crippen LogP contribution is 2.40. The minimum Gasteiger partial charge on any atom is -0.310 e. The molecule has 0 unspecified atom stereocenters. The zero-order valence-corrected chi connectivity index (χ0v) is 14.7. The second-order valence-corrected chi connectivity index (χ2v) is 7.72. The van der Waals surface area contributed by atoms with Gasteiger partial charge >= 0.3 is 0 Å². The van der Waals surface area contributed by atoms with Gasteiger partial charge < -0.3 is 5.32 Å². The Bertz CT molecular complexity index is 419. The van der Waals surface area contributed by atoms with E-state index in [9.17, 15) is 0 Å². The maximum absolute atomic E-state index is 3.74. The Balaban J connectivity index is 1.79. The first-order valence-electron chi connectivity index (χ1n) is 7.99. The Kier molecular flexibility index (Phi) is 5.68. The van der Waals surface area contributed by atoms with E-state index in [0.717, 1.165) is 12.5 Å². The van der Waals surface area contributed by atoms with Gasteiger partial charge in [0.15, 0.2) is 0 Å². The maximum Gasteiger partial charge on any atom is 0.0220 e. The quantitative estimate of drug-likeness (QED) is 0.744. The lowest BCUT2D eigenvalue weighted by molar-refractivity contribution is 0.137. The van der Waals surface area contributed by atoms with Crippen LogP contribution in [0.25, 0.3) is 0 Å². The number of benzene rings is 1. The molecule has 1 nitrogen and oxygen atoms in total. The normalized spacial score (nSPS) is 23.8. The van der Waals surface area contributed by atoms with Crippen molar-refractivity contribution in [1.82, 2.24) is 5.32 Å². The average Bonchev–Trinajstić information content (AvgIpc) is 2.47. The van der Waals surface area contributed by atoms with Crippen LogP contribution in [0.3, 0.4) is 0 Å². The Morgan fingerprint density at radius 3 is 2.40 bits per heavy atom. The Morgan fingerprint density at radius 1 is 1.15 bits per heavy atom. The zero-order chi connectivity index (χ0) is 14.6. The highest BCUT2D eigenvalue weighted by atomic mass is 79.9. The van der Waals surface area contributed by atoms with E-state index in [-0.39, 0.29) is 0 Å². The first kappa shape index (κ1) is 16.0. The fourth-order valence-corrected chi connectivity index (χ4v) is 3.69. The second-order valence-electron chi connectivity index (χ2n) is 6.86. The lowest BCUT2D eigenvalue weighted by Gasteiger charge is -2.39. The third-order valence-corrected chi connectivity index (χ3v) is 6.06. The maximum atomic E-state index is 3.74. The van der Waals surface area contributed by atoms with Crippen molar-refractivity contribution in [3.63, 3.8) is 0 Å². The summed E-state index contributed by atoms with van der Waals surface area (Å²) >= 11 is 3.63. The minimum absolute atomic E-state index is 0.521.